The van der Waals surface area contributed by atoms with E-state index in [-0.39, 0.29) is 17.9 Å². The first-order valence-corrected chi connectivity index (χ1v) is 8.53. The number of rotatable bonds is 4. The quantitative estimate of drug-likeness (QED) is 0.926. The van der Waals surface area contributed by atoms with Gasteiger partial charge in [-0.1, -0.05) is 24.6 Å². The van der Waals surface area contributed by atoms with Crippen molar-refractivity contribution >= 4 is 16.0 Å². The Bertz CT molecular complexity index is 668. The Labute approximate surface area is 125 Å². The summed E-state index contributed by atoms with van der Waals surface area (Å²) in [5, 5.41) is 9.55. The van der Waals surface area contributed by atoms with Crippen LogP contribution in [0.4, 0.5) is 0 Å². The van der Waals surface area contributed by atoms with Gasteiger partial charge < -0.3 is 5.11 Å². The third-order valence-corrected chi connectivity index (χ3v) is 6.44. The van der Waals surface area contributed by atoms with Crippen LogP contribution in [0.5, 0.6) is 0 Å². The molecule has 1 fully saturated rings. The number of aliphatic carboxylic acids is 1. The molecule has 1 aromatic rings. The van der Waals surface area contributed by atoms with Gasteiger partial charge in [-0.3, -0.25) is 4.79 Å². The largest absolute Gasteiger partial charge is 0.480 e. The van der Waals surface area contributed by atoms with Crippen LogP contribution < -0.4 is 0 Å². The van der Waals surface area contributed by atoms with E-state index in [1.807, 2.05) is 6.92 Å². The molecule has 1 saturated heterocycles. The summed E-state index contributed by atoms with van der Waals surface area (Å²) in [7, 11) is -3.80. The zero-order chi connectivity index (χ0) is 15.8. The fourth-order valence-corrected chi connectivity index (χ4v) is 5.20. The highest BCUT2D eigenvalue weighted by atomic mass is 32.2. The molecule has 0 aliphatic carbocycles. The summed E-state index contributed by atoms with van der Waals surface area (Å²) in [5.41, 5.74) is 0.320. The van der Waals surface area contributed by atoms with Crippen LogP contribution in [0.15, 0.2) is 23.1 Å². The molecule has 21 heavy (non-hydrogen) atoms. The summed E-state index contributed by atoms with van der Waals surface area (Å²) < 4.78 is 27.0. The summed E-state index contributed by atoms with van der Waals surface area (Å²) in [6, 6.07) is 5.11. The average Bonchev–Trinajstić information content (AvgIpc) is 2.84. The standard InChI is InChI=1S/C15H21NO4S/c1-4-15(14(17)18)8-5-9-16(15)21(19,20)13-7-6-11(2)10-12(13)3/h6-7,10H,4-5,8-9H2,1-3H3,(H,17,18). The van der Waals surface area contributed by atoms with Gasteiger partial charge >= 0.3 is 5.97 Å². The predicted molar refractivity (Wildman–Crippen MR) is 79.7 cm³/mol. The van der Waals surface area contributed by atoms with Gasteiger partial charge in [0.1, 0.15) is 5.54 Å². The van der Waals surface area contributed by atoms with Crippen LogP contribution in [0.3, 0.4) is 0 Å². The predicted octanol–water partition coefficient (Wildman–Crippen LogP) is 2.32. The van der Waals surface area contributed by atoms with Gasteiger partial charge in [-0.25, -0.2) is 8.42 Å². The second-order valence-corrected chi connectivity index (χ2v) is 7.47. The van der Waals surface area contributed by atoms with Crippen molar-refractivity contribution in [2.45, 2.75) is 50.5 Å². The van der Waals surface area contributed by atoms with Crippen LogP contribution in [-0.2, 0) is 14.8 Å². The third kappa shape index (κ3) is 2.46. The Hall–Kier alpha value is -1.40. The van der Waals surface area contributed by atoms with Gasteiger partial charge in [0.05, 0.1) is 4.90 Å². The maximum absolute atomic E-state index is 12.9. The van der Waals surface area contributed by atoms with E-state index in [1.165, 1.54) is 4.31 Å². The number of sulfonamides is 1. The molecule has 6 heteroatoms. The lowest BCUT2D eigenvalue weighted by atomic mass is 9.95. The Morgan fingerprint density at radius 2 is 2.05 bits per heavy atom. The SMILES string of the molecule is CCC1(C(=O)O)CCCN1S(=O)(=O)c1ccc(C)cc1C. The Balaban J connectivity index is 2.55. The summed E-state index contributed by atoms with van der Waals surface area (Å²) >= 11 is 0. The second-order valence-electron chi connectivity index (χ2n) is 5.64. The van der Waals surface area contributed by atoms with Gasteiger partial charge in [-0.2, -0.15) is 4.31 Å². The highest BCUT2D eigenvalue weighted by molar-refractivity contribution is 7.89. The van der Waals surface area contributed by atoms with Gasteiger partial charge in [0.25, 0.3) is 0 Å². The normalized spacial score (nSPS) is 23.4. The topological polar surface area (TPSA) is 74.7 Å². The molecule has 0 saturated carbocycles. The lowest BCUT2D eigenvalue weighted by Gasteiger charge is -2.33. The lowest BCUT2D eigenvalue weighted by Crippen LogP contribution is -2.52. The first-order valence-electron chi connectivity index (χ1n) is 7.09. The number of hydrogen-bond acceptors (Lipinski definition) is 3. The number of hydrogen-bond donors (Lipinski definition) is 1. The summed E-state index contributed by atoms with van der Waals surface area (Å²) in [4.78, 5) is 11.9. The first kappa shape index (κ1) is 16.0. The number of benzene rings is 1. The zero-order valence-electron chi connectivity index (χ0n) is 12.6. The van der Waals surface area contributed by atoms with Crippen LogP contribution in [0, 0.1) is 13.8 Å². The Kier molecular flexibility index (Phi) is 4.13. The first-order chi connectivity index (χ1) is 9.75. The van der Waals surface area contributed by atoms with Crippen LogP contribution in [0.1, 0.15) is 37.3 Å². The fourth-order valence-electron chi connectivity index (χ4n) is 3.13. The van der Waals surface area contributed by atoms with E-state index in [0.717, 1.165) is 5.56 Å². The van der Waals surface area contributed by atoms with Gasteiger partial charge in [-0.15, -0.1) is 0 Å². The van der Waals surface area contributed by atoms with Crippen molar-refractivity contribution in [3.63, 3.8) is 0 Å². The molecule has 0 amide bonds. The van der Waals surface area contributed by atoms with Crippen LogP contribution >= 0.6 is 0 Å². The van der Waals surface area contributed by atoms with E-state index >= 15 is 0 Å². The highest BCUT2D eigenvalue weighted by Crippen LogP contribution is 2.38. The van der Waals surface area contributed by atoms with Gasteiger partial charge in [0.2, 0.25) is 10.0 Å². The molecule has 1 N–H and O–H groups in total. The molecule has 1 aliphatic heterocycles. The average molecular weight is 311 g/mol. The van der Waals surface area contributed by atoms with Crippen LogP contribution in [0.2, 0.25) is 0 Å². The molecule has 0 bridgehead atoms. The molecule has 0 radical (unpaired) electrons. The van der Waals surface area contributed by atoms with Crippen molar-refractivity contribution in [3.05, 3.63) is 29.3 Å². The number of carboxylic acids is 1. The zero-order valence-corrected chi connectivity index (χ0v) is 13.4. The Morgan fingerprint density at radius 3 is 2.57 bits per heavy atom. The molecule has 1 heterocycles. The molecule has 1 atom stereocenters. The van der Waals surface area contributed by atoms with E-state index in [1.54, 1.807) is 32.0 Å². The maximum Gasteiger partial charge on any atom is 0.325 e. The Morgan fingerprint density at radius 1 is 1.38 bits per heavy atom. The third-order valence-electron chi connectivity index (χ3n) is 4.31. The summed E-state index contributed by atoms with van der Waals surface area (Å²) in [6.07, 6.45) is 1.21. The number of aryl methyl sites for hydroxylation is 2. The number of nitrogens with zero attached hydrogens (tertiary/aromatic N) is 1. The molecule has 1 unspecified atom stereocenters. The smallest absolute Gasteiger partial charge is 0.325 e. The molecular weight excluding hydrogens is 290 g/mol. The van der Waals surface area contributed by atoms with Crippen LogP contribution in [0.25, 0.3) is 0 Å². The molecule has 1 aliphatic rings. The van der Waals surface area contributed by atoms with Crippen molar-refractivity contribution in [1.82, 2.24) is 4.31 Å². The van der Waals surface area contributed by atoms with Crippen molar-refractivity contribution in [2.24, 2.45) is 0 Å². The number of carboxylic acid groups (broad SMARTS) is 1. The van der Waals surface area contributed by atoms with E-state index in [4.69, 9.17) is 0 Å². The van der Waals surface area contributed by atoms with E-state index in [9.17, 15) is 18.3 Å². The van der Waals surface area contributed by atoms with Crippen molar-refractivity contribution in [1.29, 1.82) is 0 Å². The van der Waals surface area contributed by atoms with E-state index in [0.29, 0.717) is 18.4 Å². The van der Waals surface area contributed by atoms with Crippen molar-refractivity contribution in [2.75, 3.05) is 6.54 Å². The van der Waals surface area contributed by atoms with Gasteiger partial charge in [0.15, 0.2) is 0 Å². The minimum Gasteiger partial charge on any atom is -0.480 e. The van der Waals surface area contributed by atoms with Crippen molar-refractivity contribution in [3.8, 4) is 0 Å². The molecule has 2 rings (SSSR count). The summed E-state index contributed by atoms with van der Waals surface area (Å²) in [6.45, 7) is 5.62. The molecule has 116 valence electrons. The van der Waals surface area contributed by atoms with Crippen LogP contribution in [-0.4, -0.2) is 35.9 Å². The maximum atomic E-state index is 12.9. The number of carbonyl (C=O) groups is 1. The monoisotopic (exact) mass is 311 g/mol. The molecule has 0 spiro atoms. The minimum absolute atomic E-state index is 0.203. The van der Waals surface area contributed by atoms with E-state index in [2.05, 4.69) is 0 Å². The van der Waals surface area contributed by atoms with Gasteiger partial charge in [0, 0.05) is 6.54 Å². The minimum atomic E-state index is -3.80. The molecule has 1 aromatic carbocycles. The van der Waals surface area contributed by atoms with Gasteiger partial charge in [-0.05, 0) is 44.7 Å². The second kappa shape index (κ2) is 5.42. The molecule has 0 aromatic heterocycles. The highest BCUT2D eigenvalue weighted by Gasteiger charge is 2.52. The molecule has 5 nitrogen and oxygen atoms in total. The van der Waals surface area contributed by atoms with E-state index < -0.39 is 21.5 Å². The lowest BCUT2D eigenvalue weighted by molar-refractivity contribution is -0.147. The fraction of sp³-hybridized carbons (Fsp3) is 0.533. The summed E-state index contributed by atoms with van der Waals surface area (Å²) in [5.74, 6) is -1.06. The molecular formula is C15H21NO4S. The van der Waals surface area contributed by atoms with Crippen molar-refractivity contribution < 1.29 is 18.3 Å².